The number of carboxylic acids is 1. The molecule has 1 saturated heterocycles. The number of hydrogen-bond donors (Lipinski definition) is 2. The monoisotopic (exact) mass is 281 g/mol. The molecule has 2 rings (SSSR count). The first-order chi connectivity index (χ1) is 9.47. The molecule has 1 fully saturated rings. The van der Waals surface area contributed by atoms with E-state index in [-0.39, 0.29) is 17.1 Å². The van der Waals surface area contributed by atoms with Gasteiger partial charge in [0.15, 0.2) is 0 Å². The Morgan fingerprint density at radius 1 is 1.45 bits per heavy atom. The highest BCUT2D eigenvalue weighted by Gasteiger charge is 2.22. The van der Waals surface area contributed by atoms with Crippen LogP contribution in [0.5, 0.6) is 0 Å². The van der Waals surface area contributed by atoms with E-state index in [1.807, 2.05) is 12.1 Å². The summed E-state index contributed by atoms with van der Waals surface area (Å²) in [5.74, 6) is -1.18. The number of likely N-dealkylation sites (N-methyl/N-ethyl adjacent to an activating group) is 1. The highest BCUT2D eigenvalue weighted by atomic mass is 16.6. The van der Waals surface area contributed by atoms with Gasteiger partial charge in [0, 0.05) is 38.4 Å². The highest BCUT2D eigenvalue weighted by Crippen LogP contribution is 2.23. The lowest BCUT2D eigenvalue weighted by molar-refractivity contribution is -0.384. The number of hydrogen-bond acceptors (Lipinski definition) is 7. The second-order valence-corrected chi connectivity index (χ2v) is 4.56. The van der Waals surface area contributed by atoms with E-state index in [0.717, 1.165) is 25.4 Å². The molecule has 20 heavy (non-hydrogen) atoms. The minimum absolute atomic E-state index is 0.0598. The topological polar surface area (TPSA) is 112 Å². The maximum absolute atomic E-state index is 11.0. The summed E-state index contributed by atoms with van der Waals surface area (Å²) in [5, 5.41) is 21.7. The van der Waals surface area contributed by atoms with Crippen molar-refractivity contribution in [1.82, 2.24) is 14.9 Å². The second kappa shape index (κ2) is 5.80. The van der Waals surface area contributed by atoms with Crippen molar-refractivity contribution in [1.29, 1.82) is 0 Å². The lowest BCUT2D eigenvalue weighted by atomic mass is 10.2. The molecule has 1 aromatic rings. The normalized spacial score (nSPS) is 16.9. The molecule has 0 saturated carbocycles. The third-order valence-electron chi connectivity index (χ3n) is 3.08. The summed E-state index contributed by atoms with van der Waals surface area (Å²) in [4.78, 5) is 27.2. The molecule has 9 nitrogen and oxygen atoms in total. The van der Waals surface area contributed by atoms with Gasteiger partial charge in [0.05, 0.1) is 10.5 Å². The molecule has 0 aliphatic carbocycles. The van der Waals surface area contributed by atoms with Crippen LogP contribution in [0.25, 0.3) is 0 Å². The molecule has 2 heterocycles. The van der Waals surface area contributed by atoms with Gasteiger partial charge in [-0.3, -0.25) is 15.5 Å². The Bertz CT molecular complexity index is 528. The lowest BCUT2D eigenvalue weighted by Crippen LogP contribution is -2.47. The SMILES string of the molecule is CN1CCN(Nc2ncc(C(=O)O)cc2[N+](=O)[O-])CC1. The van der Waals surface area contributed by atoms with Gasteiger partial charge in [-0.05, 0) is 7.05 Å². The first kappa shape index (κ1) is 14.2. The lowest BCUT2D eigenvalue weighted by Gasteiger charge is -2.32. The van der Waals surface area contributed by atoms with Crippen molar-refractivity contribution in [2.45, 2.75) is 0 Å². The third kappa shape index (κ3) is 3.19. The van der Waals surface area contributed by atoms with E-state index in [1.54, 1.807) is 0 Å². The number of rotatable bonds is 4. The van der Waals surface area contributed by atoms with Gasteiger partial charge in [-0.2, -0.15) is 0 Å². The Balaban J connectivity index is 2.18. The zero-order chi connectivity index (χ0) is 14.7. The quantitative estimate of drug-likeness (QED) is 0.597. The number of piperazine rings is 1. The number of nitrogens with zero attached hydrogens (tertiary/aromatic N) is 4. The van der Waals surface area contributed by atoms with Gasteiger partial charge in [-0.25, -0.2) is 14.8 Å². The number of anilines is 1. The smallest absolute Gasteiger partial charge is 0.337 e. The van der Waals surface area contributed by atoms with E-state index in [2.05, 4.69) is 15.3 Å². The second-order valence-electron chi connectivity index (χ2n) is 4.56. The number of nitrogens with one attached hydrogen (secondary N) is 1. The summed E-state index contributed by atoms with van der Waals surface area (Å²) in [7, 11) is 2.00. The molecule has 0 spiro atoms. The first-order valence-corrected chi connectivity index (χ1v) is 6.05. The Labute approximate surface area is 114 Å². The summed E-state index contributed by atoms with van der Waals surface area (Å²) in [5.41, 5.74) is 2.33. The van der Waals surface area contributed by atoms with Gasteiger partial charge >= 0.3 is 11.7 Å². The first-order valence-electron chi connectivity index (χ1n) is 6.05. The zero-order valence-electron chi connectivity index (χ0n) is 10.9. The Hall–Kier alpha value is -2.26. The molecule has 0 unspecified atom stereocenters. The molecule has 0 aromatic carbocycles. The predicted molar refractivity (Wildman–Crippen MR) is 70.5 cm³/mol. The van der Waals surface area contributed by atoms with Gasteiger partial charge in [0.1, 0.15) is 0 Å². The largest absolute Gasteiger partial charge is 0.478 e. The van der Waals surface area contributed by atoms with Crippen LogP contribution in [0.15, 0.2) is 12.3 Å². The standard InChI is InChI=1S/C11H15N5O4/c1-14-2-4-15(5-3-14)13-10-9(16(19)20)6-8(7-12-10)11(17)18/h6-7H,2-5H2,1H3,(H,12,13)(H,17,18). The Morgan fingerprint density at radius 3 is 2.65 bits per heavy atom. The fraction of sp³-hybridized carbons (Fsp3) is 0.455. The van der Waals surface area contributed by atoms with Gasteiger partial charge in [-0.15, -0.1) is 0 Å². The molecule has 9 heteroatoms. The Morgan fingerprint density at radius 2 is 2.10 bits per heavy atom. The molecule has 1 aromatic heterocycles. The fourth-order valence-corrected chi connectivity index (χ4v) is 1.86. The molecule has 0 bridgehead atoms. The minimum atomic E-state index is -1.24. The van der Waals surface area contributed by atoms with Crippen molar-refractivity contribution in [3.05, 3.63) is 27.9 Å². The number of nitro groups is 1. The van der Waals surface area contributed by atoms with Crippen LogP contribution >= 0.6 is 0 Å². The average molecular weight is 281 g/mol. The van der Waals surface area contributed by atoms with Crippen LogP contribution in [0.1, 0.15) is 10.4 Å². The maximum Gasteiger partial charge on any atom is 0.337 e. The van der Waals surface area contributed by atoms with Crippen LogP contribution < -0.4 is 5.43 Å². The maximum atomic E-state index is 11.0. The molecular formula is C11H15N5O4. The molecule has 108 valence electrons. The summed E-state index contributed by atoms with van der Waals surface area (Å²) >= 11 is 0. The minimum Gasteiger partial charge on any atom is -0.478 e. The van der Waals surface area contributed by atoms with Gasteiger partial charge in [0.25, 0.3) is 0 Å². The molecule has 0 atom stereocenters. The highest BCUT2D eigenvalue weighted by molar-refractivity contribution is 5.88. The van der Waals surface area contributed by atoms with Crippen LogP contribution in [0.3, 0.4) is 0 Å². The van der Waals surface area contributed by atoms with E-state index >= 15 is 0 Å². The third-order valence-corrected chi connectivity index (χ3v) is 3.08. The Kier molecular flexibility index (Phi) is 4.11. The number of hydrazine groups is 1. The van der Waals surface area contributed by atoms with Crippen molar-refractivity contribution in [2.24, 2.45) is 0 Å². The average Bonchev–Trinajstić information content (AvgIpc) is 2.41. The summed E-state index contributed by atoms with van der Waals surface area (Å²) in [6.07, 6.45) is 1.10. The number of carbonyl (C=O) groups is 1. The number of aromatic carboxylic acids is 1. The molecule has 1 aliphatic rings. The fourth-order valence-electron chi connectivity index (χ4n) is 1.86. The van der Waals surface area contributed by atoms with Crippen molar-refractivity contribution >= 4 is 17.5 Å². The number of pyridine rings is 1. The molecular weight excluding hydrogens is 266 g/mol. The van der Waals surface area contributed by atoms with Crippen molar-refractivity contribution in [3.63, 3.8) is 0 Å². The van der Waals surface area contributed by atoms with E-state index < -0.39 is 10.9 Å². The molecule has 1 aliphatic heterocycles. The molecule has 0 radical (unpaired) electrons. The van der Waals surface area contributed by atoms with E-state index in [1.165, 1.54) is 0 Å². The van der Waals surface area contributed by atoms with Crippen molar-refractivity contribution < 1.29 is 14.8 Å². The van der Waals surface area contributed by atoms with E-state index in [0.29, 0.717) is 13.1 Å². The van der Waals surface area contributed by atoms with Gasteiger partial charge < -0.3 is 10.0 Å². The van der Waals surface area contributed by atoms with Gasteiger partial charge in [0.2, 0.25) is 5.82 Å². The van der Waals surface area contributed by atoms with Crippen molar-refractivity contribution in [3.8, 4) is 0 Å². The summed E-state index contributed by atoms with van der Waals surface area (Å²) < 4.78 is 0. The zero-order valence-corrected chi connectivity index (χ0v) is 10.9. The van der Waals surface area contributed by atoms with Crippen LogP contribution in [0.2, 0.25) is 0 Å². The number of carboxylic acid groups (broad SMARTS) is 1. The summed E-state index contributed by atoms with van der Waals surface area (Å²) in [6.45, 7) is 3.09. The molecule has 0 amide bonds. The van der Waals surface area contributed by atoms with Crippen LogP contribution in [-0.2, 0) is 0 Å². The summed E-state index contributed by atoms with van der Waals surface area (Å²) in [6, 6.07) is 1.01. The molecule has 2 N–H and O–H groups in total. The van der Waals surface area contributed by atoms with Crippen molar-refractivity contribution in [2.75, 3.05) is 38.7 Å². The van der Waals surface area contributed by atoms with Crippen LogP contribution in [0.4, 0.5) is 11.5 Å². The van der Waals surface area contributed by atoms with E-state index in [9.17, 15) is 14.9 Å². The van der Waals surface area contributed by atoms with Gasteiger partial charge in [-0.1, -0.05) is 0 Å². The van der Waals surface area contributed by atoms with E-state index in [4.69, 9.17) is 5.11 Å². The predicted octanol–water partition coefficient (Wildman–Crippen LogP) is 0.262. The van der Waals surface area contributed by atoms with Crippen LogP contribution in [0, 0.1) is 10.1 Å². The number of aromatic nitrogens is 1. The van der Waals surface area contributed by atoms with Crippen LogP contribution in [-0.4, -0.2) is 64.1 Å².